The molecule has 0 aromatic rings. The summed E-state index contributed by atoms with van der Waals surface area (Å²) in [5.41, 5.74) is 0. The van der Waals surface area contributed by atoms with Gasteiger partial charge >= 0.3 is 11.9 Å². The number of esters is 2. The van der Waals surface area contributed by atoms with E-state index in [4.69, 9.17) is 28.4 Å². The number of hydrogen-bond donors (Lipinski definition) is 7. The number of aliphatic hydroxyl groups is 7. The van der Waals surface area contributed by atoms with E-state index >= 15 is 0 Å². The zero-order valence-corrected chi connectivity index (χ0v) is 42.2. The van der Waals surface area contributed by atoms with Crippen LogP contribution in [0.4, 0.5) is 0 Å². The van der Waals surface area contributed by atoms with Crippen LogP contribution in [-0.4, -0.2) is 142 Å². The molecule has 400 valence electrons. The maximum Gasteiger partial charge on any atom is 0.330 e. The lowest BCUT2D eigenvalue weighted by molar-refractivity contribution is -0.332. The van der Waals surface area contributed by atoms with Crippen LogP contribution < -0.4 is 0 Å². The first-order chi connectivity index (χ1) is 34.0. The molecular formula is C55H90O15. The van der Waals surface area contributed by atoms with Gasteiger partial charge in [0.1, 0.15) is 55.4 Å². The van der Waals surface area contributed by atoms with Crippen molar-refractivity contribution in [1.29, 1.82) is 0 Å². The predicted molar refractivity (Wildman–Crippen MR) is 270 cm³/mol. The molecule has 2 heterocycles. The number of hydrogen-bond acceptors (Lipinski definition) is 15. The second-order valence-electron chi connectivity index (χ2n) is 18.0. The van der Waals surface area contributed by atoms with Gasteiger partial charge in [0.15, 0.2) is 18.7 Å². The van der Waals surface area contributed by atoms with Crippen LogP contribution >= 0.6 is 0 Å². The standard InChI is InChI=1S/C55H90O15/c1-3-5-7-9-11-13-15-17-19-20-21-22-24-26-28-30-32-34-36-38-47(58)68-43(40-65-46(57)37-35-33-31-29-27-25-23-18-16-14-12-10-8-6-4-2)41-66-54-53(64)51(62)49(60)45(70-54)42-67-55-52(63)50(61)48(59)44(39-56)69-55/h5,7,11,13,17,19,21-22,26,28,31,33,35,37,43-45,48-56,59-64H,3-4,6,8-10,12,14-16,18,20,23-25,27,29-30,32,34,36,38-42H2,1-2H3/b7-5+,13-11+,19-17+,22-21+,28-26+,33-31+,37-35+/t43-,44+,45+,48-,49-,50?,51?,52?,53?,54+,55+/m1/s1. The Hall–Kier alpha value is -3.32. The van der Waals surface area contributed by atoms with Crippen LogP contribution in [0, 0.1) is 0 Å². The summed E-state index contributed by atoms with van der Waals surface area (Å²) in [7, 11) is 0. The Bertz CT molecular complexity index is 1540. The highest BCUT2D eigenvalue weighted by Gasteiger charge is 2.47. The molecule has 15 heteroatoms. The Morgan fingerprint density at radius 3 is 1.57 bits per heavy atom. The van der Waals surface area contributed by atoms with Crippen LogP contribution in [0.5, 0.6) is 0 Å². The second-order valence-corrected chi connectivity index (χ2v) is 18.0. The smallest absolute Gasteiger partial charge is 0.330 e. The van der Waals surface area contributed by atoms with Crippen LogP contribution in [0.25, 0.3) is 0 Å². The van der Waals surface area contributed by atoms with Crippen molar-refractivity contribution in [1.82, 2.24) is 0 Å². The van der Waals surface area contributed by atoms with Crippen LogP contribution in [0.1, 0.15) is 155 Å². The zero-order chi connectivity index (χ0) is 51.0. The molecule has 0 aromatic carbocycles. The molecule has 0 bridgehead atoms. The third-order valence-corrected chi connectivity index (χ3v) is 12.0. The molecule has 0 amide bonds. The highest BCUT2D eigenvalue weighted by Crippen LogP contribution is 2.26. The first kappa shape index (κ1) is 62.8. The summed E-state index contributed by atoms with van der Waals surface area (Å²) in [5, 5.41) is 72.1. The summed E-state index contributed by atoms with van der Waals surface area (Å²) >= 11 is 0. The maximum absolute atomic E-state index is 13.0. The first-order valence-corrected chi connectivity index (χ1v) is 26.2. The number of aliphatic hydroxyl groups excluding tert-OH is 7. The minimum atomic E-state index is -1.79. The van der Waals surface area contributed by atoms with Crippen molar-refractivity contribution < 1.29 is 73.8 Å². The van der Waals surface area contributed by atoms with Crippen LogP contribution in [-0.2, 0) is 38.0 Å². The quantitative estimate of drug-likeness (QED) is 0.0103. The fourth-order valence-corrected chi connectivity index (χ4v) is 7.69. The fourth-order valence-electron chi connectivity index (χ4n) is 7.69. The predicted octanol–water partition coefficient (Wildman–Crippen LogP) is 7.60. The molecule has 70 heavy (non-hydrogen) atoms. The molecule has 2 fully saturated rings. The molecule has 7 N–H and O–H groups in total. The number of unbranched alkanes of at least 4 members (excludes halogenated alkanes) is 14. The van der Waals surface area contributed by atoms with Gasteiger partial charge in [0, 0.05) is 12.5 Å². The van der Waals surface area contributed by atoms with Gasteiger partial charge in [-0.05, 0) is 64.2 Å². The van der Waals surface area contributed by atoms with Crippen molar-refractivity contribution in [2.24, 2.45) is 0 Å². The van der Waals surface area contributed by atoms with Crippen molar-refractivity contribution in [3.8, 4) is 0 Å². The van der Waals surface area contributed by atoms with Crippen LogP contribution in [0.3, 0.4) is 0 Å². The molecule has 2 rings (SSSR count). The number of ether oxygens (including phenoxy) is 6. The molecule has 11 atom stereocenters. The number of rotatable bonds is 39. The van der Waals surface area contributed by atoms with Gasteiger partial charge in [0.2, 0.25) is 0 Å². The highest BCUT2D eigenvalue weighted by atomic mass is 16.7. The monoisotopic (exact) mass is 991 g/mol. The van der Waals surface area contributed by atoms with E-state index in [1.165, 1.54) is 63.9 Å². The first-order valence-electron chi connectivity index (χ1n) is 26.2. The van der Waals surface area contributed by atoms with Gasteiger partial charge < -0.3 is 64.2 Å². The lowest BCUT2D eigenvalue weighted by Gasteiger charge is -2.42. The summed E-state index contributed by atoms with van der Waals surface area (Å²) in [6, 6.07) is 0. The molecule has 0 aromatic heterocycles. The van der Waals surface area contributed by atoms with Crippen molar-refractivity contribution in [3.05, 3.63) is 85.1 Å². The van der Waals surface area contributed by atoms with Crippen LogP contribution in [0.2, 0.25) is 0 Å². The summed E-state index contributed by atoms with van der Waals surface area (Å²) in [6.45, 7) is 2.30. The van der Waals surface area contributed by atoms with Gasteiger partial charge in [-0.2, -0.15) is 0 Å². The van der Waals surface area contributed by atoms with Crippen molar-refractivity contribution in [3.63, 3.8) is 0 Å². The molecule has 2 aliphatic heterocycles. The summed E-state index contributed by atoms with van der Waals surface area (Å²) in [5.74, 6) is -1.22. The van der Waals surface area contributed by atoms with Gasteiger partial charge in [0.25, 0.3) is 0 Å². The molecule has 4 unspecified atom stereocenters. The van der Waals surface area contributed by atoms with E-state index < -0.39 is 99.3 Å². The average molecular weight is 991 g/mol. The van der Waals surface area contributed by atoms with E-state index in [1.807, 2.05) is 6.08 Å². The van der Waals surface area contributed by atoms with Gasteiger partial charge in [-0.1, -0.05) is 163 Å². The van der Waals surface area contributed by atoms with Gasteiger partial charge in [-0.25, -0.2) is 4.79 Å². The van der Waals surface area contributed by atoms with Gasteiger partial charge in [0.05, 0.1) is 19.8 Å². The molecule has 2 aliphatic rings. The Labute approximate surface area is 418 Å². The molecule has 0 radical (unpaired) electrons. The Balaban J connectivity index is 1.85. The summed E-state index contributed by atoms with van der Waals surface area (Å²) in [4.78, 5) is 25.7. The largest absolute Gasteiger partial charge is 0.458 e. The van der Waals surface area contributed by atoms with Gasteiger partial charge in [-0.3, -0.25) is 4.79 Å². The number of carbonyl (C=O) groups is 2. The van der Waals surface area contributed by atoms with Crippen LogP contribution in [0.15, 0.2) is 85.1 Å². The highest BCUT2D eigenvalue weighted by molar-refractivity contribution is 5.82. The lowest BCUT2D eigenvalue weighted by Crippen LogP contribution is -2.61. The van der Waals surface area contributed by atoms with E-state index in [9.17, 15) is 45.3 Å². The summed E-state index contributed by atoms with van der Waals surface area (Å²) < 4.78 is 33.4. The average Bonchev–Trinajstić information content (AvgIpc) is 3.35. The van der Waals surface area contributed by atoms with E-state index in [0.29, 0.717) is 6.42 Å². The second kappa shape index (κ2) is 41.2. The van der Waals surface area contributed by atoms with Crippen molar-refractivity contribution in [2.45, 2.75) is 223 Å². The Morgan fingerprint density at radius 2 is 1.00 bits per heavy atom. The van der Waals surface area contributed by atoms with E-state index in [1.54, 1.807) is 12.2 Å². The molecule has 0 saturated carbocycles. The zero-order valence-electron chi connectivity index (χ0n) is 42.2. The number of carbonyl (C=O) groups excluding carboxylic acids is 2. The topological polar surface area (TPSA) is 231 Å². The number of allylic oxidation sites excluding steroid dienone is 13. The van der Waals surface area contributed by atoms with E-state index in [0.717, 1.165) is 70.6 Å². The van der Waals surface area contributed by atoms with Crippen molar-refractivity contribution in [2.75, 3.05) is 26.4 Å². The Kier molecular flexibility index (Phi) is 36.9. The molecule has 2 saturated heterocycles. The maximum atomic E-state index is 13.0. The third-order valence-electron chi connectivity index (χ3n) is 12.0. The SMILES string of the molecule is CC/C=C/C/C=C/C/C=C/C/C=C/C/C=C/CCCCCC(=O)O[C@H](COC(=O)/C=C/C=C/CCCCCCCCCCCCC)CO[C@H]1O[C@@H](CO[C@H]2O[C@@H](CO)[C@@H](O)C(O)C2O)[C@@H](O)C(O)C1O. The molecule has 0 aliphatic carbocycles. The molecule has 15 nitrogen and oxygen atoms in total. The minimum Gasteiger partial charge on any atom is -0.458 e. The van der Waals surface area contributed by atoms with Crippen molar-refractivity contribution >= 4 is 11.9 Å². The molecule has 0 spiro atoms. The lowest BCUT2D eigenvalue weighted by atomic mass is 9.98. The van der Waals surface area contributed by atoms with Gasteiger partial charge in [-0.15, -0.1) is 0 Å². The normalized spacial score (nSPS) is 26.1. The minimum absolute atomic E-state index is 0.102. The summed E-state index contributed by atoms with van der Waals surface area (Å²) in [6.07, 6.45) is 33.8. The Morgan fingerprint density at radius 1 is 0.514 bits per heavy atom. The fraction of sp³-hybridized carbons (Fsp3) is 0.709. The van der Waals surface area contributed by atoms with E-state index in [-0.39, 0.29) is 13.0 Å². The third kappa shape index (κ3) is 28.7. The van der Waals surface area contributed by atoms with E-state index in [2.05, 4.69) is 74.6 Å². The molecular weight excluding hydrogens is 901 g/mol.